The summed E-state index contributed by atoms with van der Waals surface area (Å²) in [4.78, 5) is 15.6. The Labute approximate surface area is 233 Å². The normalized spacial score (nSPS) is 26.3. The Morgan fingerprint density at radius 2 is 1.10 bits per heavy atom. The van der Waals surface area contributed by atoms with Gasteiger partial charge in [-0.3, -0.25) is 4.79 Å². The maximum Gasteiger partial charge on any atom is 0.312 e. The van der Waals surface area contributed by atoms with E-state index in [1.165, 1.54) is 19.3 Å². The van der Waals surface area contributed by atoms with Crippen molar-refractivity contribution in [1.82, 2.24) is 0 Å². The molecule has 4 saturated carbocycles. The molecule has 0 atom stereocenters. The third kappa shape index (κ3) is 5.29. The van der Waals surface area contributed by atoms with E-state index in [0.717, 1.165) is 33.9 Å². The van der Waals surface area contributed by atoms with Crippen LogP contribution >= 0.6 is 10.3 Å². The second-order valence-electron chi connectivity index (χ2n) is 11.5. The molecular formula is C32H36O5S2. The summed E-state index contributed by atoms with van der Waals surface area (Å²) in [5, 5.41) is 0. The standard InChI is InChI=1S/C32H36O5S2/c33-31(32-22-25-19-26(23-32)21-27(20-25)24-32)36-17-10-18-38(34,35)37-39(28-11-4-1-5-12-28,29-13-6-2-7-14-29)30-15-8-3-9-16-30/h1-9,11-16,25-27H,10,17-24H2. The molecule has 0 heterocycles. The average molecular weight is 565 g/mol. The molecule has 206 valence electrons. The van der Waals surface area contributed by atoms with Gasteiger partial charge in [-0.05, 0) is 109 Å². The fourth-order valence-corrected chi connectivity index (χ4v) is 12.8. The van der Waals surface area contributed by atoms with Gasteiger partial charge in [0, 0.05) is 14.7 Å². The third-order valence-corrected chi connectivity index (χ3v) is 13.9. The van der Waals surface area contributed by atoms with Crippen LogP contribution in [-0.2, 0) is 23.3 Å². The Hall–Kier alpha value is -2.61. The molecule has 0 radical (unpaired) electrons. The van der Waals surface area contributed by atoms with Crippen LogP contribution in [0.25, 0.3) is 0 Å². The number of carbonyl (C=O) groups excluding carboxylic acids is 1. The Balaban J connectivity index is 1.19. The molecule has 0 aliphatic heterocycles. The zero-order chi connectivity index (χ0) is 26.9. The van der Waals surface area contributed by atoms with Gasteiger partial charge in [-0.2, -0.15) is 8.42 Å². The van der Waals surface area contributed by atoms with Crippen LogP contribution in [-0.4, -0.2) is 26.7 Å². The molecule has 7 rings (SSSR count). The molecule has 3 aromatic carbocycles. The highest BCUT2D eigenvalue weighted by Crippen LogP contribution is 2.70. The maximum atomic E-state index is 13.6. The molecule has 4 aliphatic carbocycles. The quantitative estimate of drug-likeness (QED) is 0.190. The molecule has 0 saturated heterocycles. The minimum atomic E-state index is -3.98. The Bertz CT molecular complexity index is 1260. The van der Waals surface area contributed by atoms with Gasteiger partial charge in [0.1, 0.15) is 0 Å². The second-order valence-corrected chi connectivity index (χ2v) is 16.1. The maximum absolute atomic E-state index is 13.6. The molecule has 4 fully saturated rings. The highest BCUT2D eigenvalue weighted by atomic mass is 32.3. The summed E-state index contributed by atoms with van der Waals surface area (Å²) in [5.74, 6) is 1.63. The van der Waals surface area contributed by atoms with Gasteiger partial charge in [-0.25, -0.2) is 3.63 Å². The van der Waals surface area contributed by atoms with Crippen molar-refractivity contribution in [2.75, 3.05) is 12.4 Å². The van der Waals surface area contributed by atoms with E-state index in [1.807, 2.05) is 91.0 Å². The van der Waals surface area contributed by atoms with Gasteiger partial charge in [0.15, 0.2) is 0 Å². The monoisotopic (exact) mass is 564 g/mol. The van der Waals surface area contributed by atoms with Crippen LogP contribution in [0.1, 0.15) is 44.9 Å². The lowest BCUT2D eigenvalue weighted by Gasteiger charge is -2.55. The lowest BCUT2D eigenvalue weighted by atomic mass is 9.49. The largest absolute Gasteiger partial charge is 0.465 e. The summed E-state index contributed by atoms with van der Waals surface area (Å²) in [7, 11) is -6.55. The summed E-state index contributed by atoms with van der Waals surface area (Å²) >= 11 is 0. The molecule has 4 bridgehead atoms. The van der Waals surface area contributed by atoms with Gasteiger partial charge in [-0.1, -0.05) is 54.6 Å². The summed E-state index contributed by atoms with van der Waals surface area (Å²) < 4.78 is 39.2. The molecule has 0 amide bonds. The number of hydrogen-bond acceptors (Lipinski definition) is 5. The molecule has 5 nitrogen and oxygen atoms in total. The van der Waals surface area contributed by atoms with Crippen LogP contribution < -0.4 is 0 Å². The van der Waals surface area contributed by atoms with Crippen molar-refractivity contribution in [3.63, 3.8) is 0 Å². The summed E-state index contributed by atoms with van der Waals surface area (Å²) in [6, 6.07) is 28.7. The Kier molecular flexibility index (Phi) is 7.34. The van der Waals surface area contributed by atoms with E-state index in [0.29, 0.717) is 17.8 Å². The summed E-state index contributed by atoms with van der Waals surface area (Å²) in [5.41, 5.74) is -0.336. The molecular weight excluding hydrogens is 528 g/mol. The van der Waals surface area contributed by atoms with Crippen molar-refractivity contribution in [3.05, 3.63) is 91.0 Å². The van der Waals surface area contributed by atoms with Crippen molar-refractivity contribution >= 4 is 26.4 Å². The Morgan fingerprint density at radius 3 is 1.51 bits per heavy atom. The minimum absolute atomic E-state index is 0.0908. The highest BCUT2D eigenvalue weighted by molar-refractivity contribution is 8.33. The first-order valence-electron chi connectivity index (χ1n) is 14.0. The molecule has 0 unspecified atom stereocenters. The van der Waals surface area contributed by atoms with E-state index in [-0.39, 0.29) is 30.2 Å². The summed E-state index contributed by atoms with van der Waals surface area (Å²) in [6.07, 6.45) is 6.81. The number of ether oxygens (including phenoxy) is 1. The molecule has 7 heteroatoms. The molecule has 0 aromatic heterocycles. The molecule has 39 heavy (non-hydrogen) atoms. The first-order valence-corrected chi connectivity index (χ1v) is 17.1. The lowest BCUT2D eigenvalue weighted by Crippen LogP contribution is -2.50. The number of benzene rings is 3. The average Bonchev–Trinajstić information content (AvgIpc) is 2.95. The zero-order valence-corrected chi connectivity index (χ0v) is 23.7. The highest BCUT2D eigenvalue weighted by Gasteiger charge is 2.55. The first-order chi connectivity index (χ1) is 18.9. The number of hydrogen-bond donors (Lipinski definition) is 0. The Morgan fingerprint density at radius 1 is 0.692 bits per heavy atom. The smallest absolute Gasteiger partial charge is 0.312 e. The van der Waals surface area contributed by atoms with Gasteiger partial charge in [0.2, 0.25) is 0 Å². The van der Waals surface area contributed by atoms with E-state index in [2.05, 4.69) is 0 Å². The van der Waals surface area contributed by atoms with Crippen molar-refractivity contribution in [2.24, 2.45) is 23.2 Å². The van der Waals surface area contributed by atoms with E-state index >= 15 is 0 Å². The first kappa shape index (κ1) is 26.6. The van der Waals surface area contributed by atoms with Crippen LogP contribution in [0.15, 0.2) is 106 Å². The lowest BCUT2D eigenvalue weighted by molar-refractivity contribution is -0.171. The van der Waals surface area contributed by atoms with E-state index < -0.39 is 20.4 Å². The molecule has 0 spiro atoms. The van der Waals surface area contributed by atoms with Crippen LogP contribution in [0.3, 0.4) is 0 Å². The fourth-order valence-electron chi connectivity index (χ4n) is 7.47. The van der Waals surface area contributed by atoms with Crippen molar-refractivity contribution in [3.8, 4) is 0 Å². The van der Waals surface area contributed by atoms with E-state index in [4.69, 9.17) is 8.37 Å². The number of esters is 1. The van der Waals surface area contributed by atoms with E-state index in [1.54, 1.807) is 0 Å². The predicted octanol–water partition coefficient (Wildman–Crippen LogP) is 7.38. The van der Waals surface area contributed by atoms with Crippen molar-refractivity contribution in [1.29, 1.82) is 0 Å². The second kappa shape index (κ2) is 10.8. The molecule has 3 aromatic rings. The van der Waals surface area contributed by atoms with Gasteiger partial charge in [0.05, 0.1) is 17.8 Å². The van der Waals surface area contributed by atoms with Gasteiger partial charge in [0.25, 0.3) is 10.1 Å². The number of carbonyl (C=O) groups is 1. The van der Waals surface area contributed by atoms with E-state index in [9.17, 15) is 13.2 Å². The third-order valence-electron chi connectivity index (χ3n) is 8.67. The van der Waals surface area contributed by atoms with Crippen molar-refractivity contribution in [2.45, 2.75) is 59.6 Å². The number of rotatable bonds is 10. The van der Waals surface area contributed by atoms with Crippen LogP contribution in [0.2, 0.25) is 0 Å². The van der Waals surface area contributed by atoms with Gasteiger partial charge < -0.3 is 4.74 Å². The van der Waals surface area contributed by atoms with Crippen LogP contribution in [0.5, 0.6) is 0 Å². The van der Waals surface area contributed by atoms with Gasteiger partial charge in [-0.15, -0.1) is 0 Å². The minimum Gasteiger partial charge on any atom is -0.465 e. The summed E-state index contributed by atoms with van der Waals surface area (Å²) in [6.45, 7) is 0.0908. The SMILES string of the molecule is O=C(OCCCS(=O)(=O)OS(c1ccccc1)(c1ccccc1)c1ccccc1)C12CC3CC(CC(C3)C1)C2. The van der Waals surface area contributed by atoms with Crippen LogP contribution in [0, 0.1) is 23.2 Å². The zero-order valence-electron chi connectivity index (χ0n) is 22.1. The van der Waals surface area contributed by atoms with Gasteiger partial charge >= 0.3 is 5.97 Å². The molecule has 4 aliphatic rings. The molecule has 0 N–H and O–H groups in total. The topological polar surface area (TPSA) is 69.7 Å². The van der Waals surface area contributed by atoms with Crippen LogP contribution in [0.4, 0.5) is 0 Å². The fraction of sp³-hybridized carbons (Fsp3) is 0.406. The van der Waals surface area contributed by atoms with Crippen molar-refractivity contribution < 1.29 is 21.6 Å². The predicted molar refractivity (Wildman–Crippen MR) is 153 cm³/mol.